The first-order valence-electron chi connectivity index (χ1n) is 9.05. The molecule has 0 saturated carbocycles. The van der Waals surface area contributed by atoms with Gasteiger partial charge in [0.15, 0.2) is 0 Å². The molecule has 0 saturated heterocycles. The molecular formula is C15H36O6SSi2. The van der Waals surface area contributed by atoms with Crippen molar-refractivity contribution in [2.45, 2.75) is 54.0 Å². The molecule has 0 aliphatic carbocycles. The number of hydrogen-bond donors (Lipinski definition) is 0. The van der Waals surface area contributed by atoms with Crippen molar-refractivity contribution in [2.75, 3.05) is 45.4 Å². The van der Waals surface area contributed by atoms with Gasteiger partial charge in [-0.25, -0.2) is 0 Å². The molecule has 0 radical (unpaired) electrons. The Kier molecular flexibility index (Phi) is 15.0. The molecule has 6 nitrogen and oxygen atoms in total. The van der Waals surface area contributed by atoms with E-state index < -0.39 is 16.8 Å². The highest BCUT2D eigenvalue weighted by Crippen LogP contribution is 2.28. The van der Waals surface area contributed by atoms with E-state index in [0.29, 0.717) is 39.6 Å². The van der Waals surface area contributed by atoms with Gasteiger partial charge in [-0.3, -0.25) is 0 Å². The van der Waals surface area contributed by atoms with Gasteiger partial charge in [-0.15, -0.1) is 0 Å². The highest BCUT2D eigenvalue weighted by Gasteiger charge is 2.43. The largest absolute Gasteiger partial charge is 0.573 e. The van der Waals surface area contributed by atoms with Crippen molar-refractivity contribution < 1.29 is 26.6 Å². The monoisotopic (exact) mass is 400 g/mol. The Morgan fingerprint density at radius 1 is 0.583 bits per heavy atom. The molecule has 0 amide bonds. The van der Waals surface area contributed by atoms with E-state index in [1.165, 1.54) is 0 Å². The molecule has 0 spiro atoms. The van der Waals surface area contributed by atoms with Gasteiger partial charge in [0.2, 0.25) is 0 Å². The van der Waals surface area contributed by atoms with Crippen LogP contribution < -0.4 is 0 Å². The van der Waals surface area contributed by atoms with Crippen molar-refractivity contribution in [1.82, 2.24) is 0 Å². The third-order valence-corrected chi connectivity index (χ3v) is 11.6. The molecule has 0 aromatic heterocycles. The second kappa shape index (κ2) is 14.7. The Bertz CT molecular complexity index is 237. The predicted octanol–water partition coefficient (Wildman–Crippen LogP) is 3.70. The smallest absolute Gasteiger partial charge is 0.374 e. The lowest BCUT2D eigenvalue weighted by Gasteiger charge is -2.29. The minimum absolute atomic E-state index is 0.592. The van der Waals surface area contributed by atoms with Gasteiger partial charge in [0.25, 0.3) is 0 Å². The summed E-state index contributed by atoms with van der Waals surface area (Å²) in [4.78, 5) is 0. The average molecular weight is 401 g/mol. The summed E-state index contributed by atoms with van der Waals surface area (Å²) in [6, 6.07) is 0.796. The lowest BCUT2D eigenvalue weighted by molar-refractivity contribution is 0.0711. The Labute approximate surface area is 154 Å². The fourth-order valence-electron chi connectivity index (χ4n) is 2.27. The SMILES string of the molecule is CCO[Si](CCCS[Si](OCC)(OCC)OCC)(OCC)OCC. The van der Waals surface area contributed by atoms with E-state index in [2.05, 4.69) is 0 Å². The molecule has 0 aliphatic rings. The molecule has 0 rings (SSSR count). The minimum Gasteiger partial charge on any atom is -0.374 e. The first kappa shape index (κ1) is 24.5. The van der Waals surface area contributed by atoms with Gasteiger partial charge < -0.3 is 26.6 Å². The third-order valence-electron chi connectivity index (χ3n) is 2.96. The molecule has 0 aliphatic heterocycles. The number of hydrogen-bond acceptors (Lipinski definition) is 7. The highest BCUT2D eigenvalue weighted by molar-refractivity contribution is 8.26. The molecular weight excluding hydrogens is 364 g/mol. The first-order chi connectivity index (χ1) is 11.6. The van der Waals surface area contributed by atoms with Crippen LogP contribution in [-0.2, 0) is 26.6 Å². The van der Waals surface area contributed by atoms with Crippen LogP contribution >= 0.6 is 11.2 Å². The predicted molar refractivity (Wildman–Crippen MR) is 103 cm³/mol. The Morgan fingerprint density at radius 2 is 0.958 bits per heavy atom. The maximum atomic E-state index is 5.89. The molecule has 0 heterocycles. The summed E-state index contributed by atoms with van der Waals surface area (Å²) in [6.07, 6.45) is 0.916. The van der Waals surface area contributed by atoms with E-state index in [-0.39, 0.29) is 0 Å². The molecule has 0 N–H and O–H groups in total. The maximum absolute atomic E-state index is 5.89. The zero-order chi connectivity index (χ0) is 18.3. The van der Waals surface area contributed by atoms with Gasteiger partial charge in [0, 0.05) is 45.7 Å². The van der Waals surface area contributed by atoms with Crippen LogP contribution in [0.4, 0.5) is 0 Å². The van der Waals surface area contributed by atoms with Crippen LogP contribution in [0.1, 0.15) is 48.0 Å². The van der Waals surface area contributed by atoms with Crippen molar-refractivity contribution in [3.63, 3.8) is 0 Å². The lowest BCUT2D eigenvalue weighted by Crippen LogP contribution is -2.46. The van der Waals surface area contributed by atoms with Crippen molar-refractivity contribution in [2.24, 2.45) is 0 Å². The third kappa shape index (κ3) is 9.30. The van der Waals surface area contributed by atoms with Crippen LogP contribution in [0.2, 0.25) is 6.04 Å². The van der Waals surface area contributed by atoms with Crippen molar-refractivity contribution in [3.05, 3.63) is 0 Å². The molecule has 24 heavy (non-hydrogen) atoms. The van der Waals surface area contributed by atoms with Gasteiger partial charge in [-0.2, -0.15) is 0 Å². The Morgan fingerprint density at radius 3 is 1.29 bits per heavy atom. The summed E-state index contributed by atoms with van der Waals surface area (Å²) < 4.78 is 35.2. The summed E-state index contributed by atoms with van der Waals surface area (Å²) in [5.41, 5.74) is 0. The molecule has 0 unspecified atom stereocenters. The van der Waals surface area contributed by atoms with Crippen molar-refractivity contribution in [1.29, 1.82) is 0 Å². The zero-order valence-electron chi connectivity index (χ0n) is 16.2. The molecule has 0 atom stereocenters. The number of rotatable bonds is 17. The van der Waals surface area contributed by atoms with E-state index >= 15 is 0 Å². The average Bonchev–Trinajstić information content (AvgIpc) is 2.53. The van der Waals surface area contributed by atoms with Gasteiger partial charge in [0.05, 0.1) is 0 Å². The quantitative estimate of drug-likeness (QED) is 0.272. The van der Waals surface area contributed by atoms with E-state index in [0.717, 1.165) is 18.2 Å². The lowest BCUT2D eigenvalue weighted by atomic mass is 10.6. The van der Waals surface area contributed by atoms with E-state index in [9.17, 15) is 0 Å². The second-order valence-corrected chi connectivity index (χ2v) is 12.4. The molecule has 0 aromatic rings. The Balaban J connectivity index is 4.64. The topological polar surface area (TPSA) is 55.4 Å². The van der Waals surface area contributed by atoms with Crippen LogP contribution in [0.5, 0.6) is 0 Å². The molecule has 0 aromatic carbocycles. The normalized spacial score (nSPS) is 12.8. The molecule has 0 bridgehead atoms. The fourth-order valence-corrected chi connectivity index (χ4v) is 10.2. The molecule has 9 heteroatoms. The van der Waals surface area contributed by atoms with E-state index in [1.54, 1.807) is 11.2 Å². The summed E-state index contributed by atoms with van der Waals surface area (Å²) in [6.45, 7) is 15.4. The van der Waals surface area contributed by atoms with Gasteiger partial charge in [-0.1, -0.05) is 11.2 Å². The van der Waals surface area contributed by atoms with Crippen LogP contribution in [0.15, 0.2) is 0 Å². The van der Waals surface area contributed by atoms with Crippen LogP contribution in [0.25, 0.3) is 0 Å². The van der Waals surface area contributed by atoms with Crippen LogP contribution in [0.3, 0.4) is 0 Å². The highest BCUT2D eigenvalue weighted by atomic mass is 32.4. The Hall–Kier alpha value is 0.544. The van der Waals surface area contributed by atoms with Gasteiger partial charge in [0.1, 0.15) is 0 Å². The summed E-state index contributed by atoms with van der Waals surface area (Å²) >= 11 is 1.67. The summed E-state index contributed by atoms with van der Waals surface area (Å²) in [5, 5.41) is 0. The standard InChI is InChI=1S/C15H36O6SSi2/c1-7-16-23(17-8-2,18-9-3)15-13-14-22-24(19-10-4,20-11-5)21-12-6/h7-15H2,1-6H3. The molecule has 146 valence electrons. The fraction of sp³-hybridized carbons (Fsp3) is 1.00. The van der Waals surface area contributed by atoms with Crippen LogP contribution in [0, 0.1) is 0 Å². The van der Waals surface area contributed by atoms with Gasteiger partial charge in [-0.05, 0) is 53.7 Å². The van der Waals surface area contributed by atoms with E-state index in [4.69, 9.17) is 26.6 Å². The van der Waals surface area contributed by atoms with Crippen LogP contribution in [-0.4, -0.2) is 62.2 Å². The maximum Gasteiger partial charge on any atom is 0.573 e. The summed E-state index contributed by atoms with van der Waals surface area (Å²) in [7, 11) is -5.21. The van der Waals surface area contributed by atoms with Gasteiger partial charge >= 0.3 is 16.8 Å². The summed E-state index contributed by atoms with van der Waals surface area (Å²) in [5.74, 6) is 0.869. The van der Waals surface area contributed by atoms with E-state index in [1.807, 2.05) is 41.5 Å². The molecule has 0 fully saturated rings. The second-order valence-electron chi connectivity index (χ2n) is 4.73. The minimum atomic E-state index is -2.64. The zero-order valence-corrected chi connectivity index (χ0v) is 19.0. The van der Waals surface area contributed by atoms with Crippen molar-refractivity contribution >= 4 is 28.0 Å². The van der Waals surface area contributed by atoms with Crippen molar-refractivity contribution in [3.8, 4) is 0 Å². The first-order valence-corrected chi connectivity index (χ1v) is 14.4.